The fourth-order valence-electron chi connectivity index (χ4n) is 1.84. The maximum absolute atomic E-state index is 12.1. The molecular formula is C16H21NO2. The van der Waals surface area contributed by atoms with Crippen molar-refractivity contribution in [3.05, 3.63) is 35.4 Å². The van der Waals surface area contributed by atoms with Gasteiger partial charge >= 0.3 is 0 Å². The highest BCUT2D eigenvalue weighted by Gasteiger charge is 2.14. The Kier molecular flexibility index (Phi) is 6.11. The van der Waals surface area contributed by atoms with Crippen LogP contribution in [0.4, 0.5) is 0 Å². The molecule has 1 rings (SSSR count). The van der Waals surface area contributed by atoms with Gasteiger partial charge in [0.05, 0.1) is 0 Å². The summed E-state index contributed by atoms with van der Waals surface area (Å²) in [5.41, 5.74) is 1.43. The second-order valence-electron chi connectivity index (χ2n) is 4.77. The molecule has 0 aliphatic heterocycles. The van der Waals surface area contributed by atoms with Crippen LogP contribution in [0.3, 0.4) is 0 Å². The van der Waals surface area contributed by atoms with Crippen molar-refractivity contribution in [2.75, 3.05) is 6.61 Å². The summed E-state index contributed by atoms with van der Waals surface area (Å²) in [5.74, 6) is 5.74. The quantitative estimate of drug-likeness (QED) is 0.814. The molecule has 3 heteroatoms. The number of hydrogen-bond acceptors (Lipinski definition) is 2. The van der Waals surface area contributed by atoms with Crippen molar-refractivity contribution in [2.24, 2.45) is 5.92 Å². The number of benzene rings is 1. The van der Waals surface area contributed by atoms with Gasteiger partial charge in [-0.1, -0.05) is 32.6 Å². The second kappa shape index (κ2) is 7.60. The zero-order valence-corrected chi connectivity index (χ0v) is 11.7. The number of carbonyl (C=O) groups is 1. The predicted molar refractivity (Wildman–Crippen MR) is 76.8 cm³/mol. The lowest BCUT2D eigenvalue weighted by Crippen LogP contribution is -2.37. The fourth-order valence-corrected chi connectivity index (χ4v) is 1.84. The van der Waals surface area contributed by atoms with E-state index in [9.17, 15) is 4.79 Å². The van der Waals surface area contributed by atoms with Crippen molar-refractivity contribution in [1.29, 1.82) is 0 Å². The summed E-state index contributed by atoms with van der Waals surface area (Å²) < 4.78 is 0. The topological polar surface area (TPSA) is 49.3 Å². The molecule has 3 nitrogen and oxygen atoms in total. The Balaban J connectivity index is 2.72. The summed E-state index contributed by atoms with van der Waals surface area (Å²) in [6.45, 7) is 6.11. The highest BCUT2D eigenvalue weighted by Crippen LogP contribution is 2.08. The number of amides is 1. The molecule has 102 valence electrons. The maximum atomic E-state index is 12.1. The zero-order valence-electron chi connectivity index (χ0n) is 11.7. The molecule has 2 N–H and O–H groups in total. The van der Waals surface area contributed by atoms with E-state index in [1.807, 2.05) is 0 Å². The van der Waals surface area contributed by atoms with Crippen LogP contribution in [0.2, 0.25) is 0 Å². The van der Waals surface area contributed by atoms with Crippen molar-refractivity contribution >= 4 is 5.91 Å². The van der Waals surface area contributed by atoms with E-state index in [1.165, 1.54) is 0 Å². The third-order valence-electron chi connectivity index (χ3n) is 3.02. The van der Waals surface area contributed by atoms with E-state index in [-0.39, 0.29) is 18.6 Å². The molecule has 0 saturated heterocycles. The summed E-state index contributed by atoms with van der Waals surface area (Å²) in [7, 11) is 0. The van der Waals surface area contributed by atoms with Crippen LogP contribution in [0.1, 0.15) is 43.1 Å². The average Bonchev–Trinajstić information content (AvgIpc) is 2.42. The molecule has 1 aromatic rings. The maximum Gasteiger partial charge on any atom is 0.251 e. The van der Waals surface area contributed by atoms with E-state index in [0.717, 1.165) is 12.0 Å². The van der Waals surface area contributed by atoms with E-state index in [0.29, 0.717) is 11.5 Å². The molecule has 0 fully saturated rings. The molecule has 0 aliphatic rings. The highest BCUT2D eigenvalue weighted by molar-refractivity contribution is 5.94. The summed E-state index contributed by atoms with van der Waals surface area (Å²) in [4.78, 5) is 12.1. The van der Waals surface area contributed by atoms with E-state index >= 15 is 0 Å². The number of aliphatic hydroxyl groups is 1. The monoisotopic (exact) mass is 259 g/mol. The number of nitrogens with one attached hydrogen (secondary N) is 1. The largest absolute Gasteiger partial charge is 0.384 e. The number of rotatable bonds is 4. The average molecular weight is 259 g/mol. The normalized spacial score (nSPS) is 11.6. The molecule has 0 heterocycles. The number of aliphatic hydroxyl groups excluding tert-OH is 1. The SMILES string of the molecule is CCC(NC(=O)c1ccc(C#CCO)cc1)C(C)C. The van der Waals surface area contributed by atoms with Gasteiger partial charge in [0.1, 0.15) is 6.61 Å². The van der Waals surface area contributed by atoms with Gasteiger partial charge in [-0.3, -0.25) is 4.79 Å². The fraction of sp³-hybridized carbons (Fsp3) is 0.438. The van der Waals surface area contributed by atoms with Gasteiger partial charge in [0.25, 0.3) is 5.91 Å². The molecule has 19 heavy (non-hydrogen) atoms. The van der Waals surface area contributed by atoms with Crippen molar-refractivity contribution in [2.45, 2.75) is 33.2 Å². The van der Waals surface area contributed by atoms with Crippen LogP contribution >= 0.6 is 0 Å². The standard InChI is InChI=1S/C16H21NO2/c1-4-15(12(2)3)17-16(19)14-9-7-13(8-10-14)6-5-11-18/h7-10,12,15,18H,4,11H2,1-3H3,(H,17,19). The van der Waals surface area contributed by atoms with Crippen LogP contribution in [0.15, 0.2) is 24.3 Å². The number of carbonyl (C=O) groups excluding carboxylic acids is 1. The van der Waals surface area contributed by atoms with Crippen molar-refractivity contribution < 1.29 is 9.90 Å². The Morgan fingerprint density at radius 3 is 2.42 bits per heavy atom. The Morgan fingerprint density at radius 2 is 1.95 bits per heavy atom. The zero-order chi connectivity index (χ0) is 14.3. The molecule has 0 radical (unpaired) electrons. The number of hydrogen-bond donors (Lipinski definition) is 2. The third kappa shape index (κ3) is 4.76. The molecule has 0 aromatic heterocycles. The van der Waals surface area contributed by atoms with Crippen LogP contribution in [0.25, 0.3) is 0 Å². The first-order valence-corrected chi connectivity index (χ1v) is 6.59. The second-order valence-corrected chi connectivity index (χ2v) is 4.77. The van der Waals surface area contributed by atoms with Gasteiger partial charge in [0.2, 0.25) is 0 Å². The van der Waals surface area contributed by atoms with Gasteiger partial charge in [-0.15, -0.1) is 0 Å². The Morgan fingerprint density at radius 1 is 1.32 bits per heavy atom. The highest BCUT2D eigenvalue weighted by atomic mass is 16.2. The van der Waals surface area contributed by atoms with Gasteiger partial charge in [0.15, 0.2) is 0 Å². The van der Waals surface area contributed by atoms with Crippen LogP contribution in [0.5, 0.6) is 0 Å². The van der Waals surface area contributed by atoms with Crippen molar-refractivity contribution in [3.63, 3.8) is 0 Å². The lowest BCUT2D eigenvalue weighted by molar-refractivity contribution is 0.0924. The molecule has 1 atom stereocenters. The molecule has 0 bridgehead atoms. The van der Waals surface area contributed by atoms with Gasteiger partial charge in [-0.25, -0.2) is 0 Å². The molecule has 1 amide bonds. The first kappa shape index (κ1) is 15.3. The Labute approximate surface area is 115 Å². The first-order chi connectivity index (χ1) is 9.08. The van der Waals surface area contributed by atoms with Crippen LogP contribution in [-0.2, 0) is 0 Å². The minimum Gasteiger partial charge on any atom is -0.384 e. The minimum atomic E-state index is -0.158. The van der Waals surface area contributed by atoms with Gasteiger partial charge < -0.3 is 10.4 Å². The van der Waals surface area contributed by atoms with Crippen LogP contribution in [-0.4, -0.2) is 23.7 Å². The summed E-state index contributed by atoms with van der Waals surface area (Å²) in [6.07, 6.45) is 0.920. The lowest BCUT2D eigenvalue weighted by Gasteiger charge is -2.20. The lowest BCUT2D eigenvalue weighted by atomic mass is 10.0. The van der Waals surface area contributed by atoms with E-state index in [1.54, 1.807) is 24.3 Å². The smallest absolute Gasteiger partial charge is 0.251 e. The van der Waals surface area contributed by atoms with Gasteiger partial charge in [-0.05, 0) is 36.6 Å². The molecular weight excluding hydrogens is 238 g/mol. The summed E-state index contributed by atoms with van der Waals surface area (Å²) in [6, 6.07) is 7.27. The third-order valence-corrected chi connectivity index (χ3v) is 3.02. The summed E-state index contributed by atoms with van der Waals surface area (Å²) in [5, 5.41) is 11.6. The molecule has 1 aromatic carbocycles. The molecule has 0 spiro atoms. The molecule has 0 aliphatic carbocycles. The van der Waals surface area contributed by atoms with Crippen LogP contribution in [0, 0.1) is 17.8 Å². The predicted octanol–water partition coefficient (Wildman–Crippen LogP) is 2.19. The molecule has 1 unspecified atom stereocenters. The minimum absolute atomic E-state index is 0.0535. The Bertz CT molecular complexity index is 466. The van der Waals surface area contributed by atoms with E-state index < -0.39 is 0 Å². The summed E-state index contributed by atoms with van der Waals surface area (Å²) >= 11 is 0. The van der Waals surface area contributed by atoms with Crippen molar-refractivity contribution in [3.8, 4) is 11.8 Å². The van der Waals surface area contributed by atoms with E-state index in [2.05, 4.69) is 37.9 Å². The molecule has 0 saturated carbocycles. The van der Waals surface area contributed by atoms with Gasteiger partial charge in [-0.2, -0.15) is 0 Å². The Hall–Kier alpha value is -1.79. The van der Waals surface area contributed by atoms with Crippen molar-refractivity contribution in [1.82, 2.24) is 5.32 Å². The van der Waals surface area contributed by atoms with Gasteiger partial charge in [0, 0.05) is 17.2 Å². The van der Waals surface area contributed by atoms with Crippen LogP contribution < -0.4 is 5.32 Å². The van der Waals surface area contributed by atoms with E-state index in [4.69, 9.17) is 5.11 Å². The first-order valence-electron chi connectivity index (χ1n) is 6.59.